The highest BCUT2D eigenvalue weighted by Crippen LogP contribution is 2.58. The number of aliphatic hydroxyl groups excluding tert-OH is 1. The SMILES string of the molecule is CC[C@@H](CO)N1C(=O)[C@@H]2[C@@H]3C(=O)OCCCC/C=C\[C@]3(CC)O[C@@]23C=CCN(c2c(C)cccc2C)C(=O)C13. The van der Waals surface area contributed by atoms with Crippen molar-refractivity contribution < 1.29 is 29.0 Å². The van der Waals surface area contributed by atoms with E-state index < -0.39 is 41.1 Å². The first-order valence-corrected chi connectivity index (χ1v) is 14.3. The number of esters is 1. The van der Waals surface area contributed by atoms with E-state index in [4.69, 9.17) is 9.47 Å². The molecule has 0 saturated carbocycles. The summed E-state index contributed by atoms with van der Waals surface area (Å²) in [6.07, 6.45) is 11.1. The van der Waals surface area contributed by atoms with Gasteiger partial charge in [-0.3, -0.25) is 14.4 Å². The number of rotatable bonds is 5. The highest BCUT2D eigenvalue weighted by Gasteiger charge is 2.75. The molecule has 5 rings (SSSR count). The van der Waals surface area contributed by atoms with Gasteiger partial charge in [0.2, 0.25) is 5.91 Å². The van der Waals surface area contributed by atoms with Crippen LogP contribution in [0.5, 0.6) is 0 Å². The van der Waals surface area contributed by atoms with Gasteiger partial charge < -0.3 is 24.4 Å². The zero-order valence-corrected chi connectivity index (χ0v) is 23.4. The number of amides is 2. The summed E-state index contributed by atoms with van der Waals surface area (Å²) in [4.78, 5) is 46.1. The zero-order chi connectivity index (χ0) is 27.9. The molecule has 2 fully saturated rings. The number of allylic oxidation sites excluding steroid dienone is 1. The van der Waals surface area contributed by atoms with Crippen molar-refractivity contribution in [1.82, 2.24) is 4.90 Å². The second-order valence-corrected chi connectivity index (χ2v) is 11.3. The van der Waals surface area contributed by atoms with Gasteiger partial charge in [-0.1, -0.05) is 56.4 Å². The third-order valence-corrected chi connectivity index (χ3v) is 9.11. The molecule has 2 saturated heterocycles. The van der Waals surface area contributed by atoms with Gasteiger partial charge in [0.05, 0.1) is 25.2 Å². The van der Waals surface area contributed by atoms with Crippen molar-refractivity contribution in [3.05, 3.63) is 53.6 Å². The molecule has 1 aromatic rings. The van der Waals surface area contributed by atoms with Gasteiger partial charge in [0.1, 0.15) is 23.2 Å². The summed E-state index contributed by atoms with van der Waals surface area (Å²) in [5.41, 5.74) is 0.247. The molecule has 4 aliphatic rings. The molecule has 4 aliphatic heterocycles. The smallest absolute Gasteiger partial charge is 0.313 e. The largest absolute Gasteiger partial charge is 0.465 e. The molecular weight excluding hydrogens is 496 g/mol. The van der Waals surface area contributed by atoms with Gasteiger partial charge in [-0.15, -0.1) is 0 Å². The fraction of sp³-hybridized carbons (Fsp3) is 0.581. The lowest BCUT2D eigenvalue weighted by molar-refractivity contribution is -0.161. The molecule has 4 heterocycles. The Balaban J connectivity index is 1.71. The summed E-state index contributed by atoms with van der Waals surface area (Å²) >= 11 is 0. The van der Waals surface area contributed by atoms with Gasteiger partial charge in [0.25, 0.3) is 5.91 Å². The maximum absolute atomic E-state index is 14.7. The van der Waals surface area contributed by atoms with Crippen molar-refractivity contribution in [2.45, 2.75) is 83.1 Å². The van der Waals surface area contributed by atoms with Crippen LogP contribution in [0.3, 0.4) is 0 Å². The van der Waals surface area contributed by atoms with Gasteiger partial charge >= 0.3 is 5.97 Å². The van der Waals surface area contributed by atoms with Crippen LogP contribution >= 0.6 is 0 Å². The average Bonchev–Trinajstić information content (AvgIpc) is 3.28. The molecule has 1 aromatic carbocycles. The predicted octanol–water partition coefficient (Wildman–Crippen LogP) is 3.62. The number of aryl methyl sites for hydroxylation is 2. The maximum Gasteiger partial charge on any atom is 0.313 e. The van der Waals surface area contributed by atoms with E-state index in [-0.39, 0.29) is 25.0 Å². The van der Waals surface area contributed by atoms with Crippen molar-refractivity contribution >= 4 is 23.5 Å². The van der Waals surface area contributed by atoms with Gasteiger partial charge in [-0.2, -0.15) is 0 Å². The number of hydrogen-bond acceptors (Lipinski definition) is 6. The summed E-state index contributed by atoms with van der Waals surface area (Å²) in [6, 6.07) is 4.27. The molecule has 0 bridgehead atoms. The average molecular weight is 537 g/mol. The molecule has 2 amide bonds. The Labute approximate surface area is 230 Å². The number of nitrogens with zero attached hydrogens (tertiary/aromatic N) is 2. The summed E-state index contributed by atoms with van der Waals surface area (Å²) in [5.74, 6) is -2.93. The Kier molecular flexibility index (Phi) is 7.46. The molecule has 1 N–H and O–H groups in total. The van der Waals surface area contributed by atoms with Crippen LogP contribution in [-0.4, -0.2) is 70.8 Å². The maximum atomic E-state index is 14.7. The van der Waals surface area contributed by atoms with Gasteiger partial charge in [-0.25, -0.2) is 0 Å². The molecule has 1 spiro atoms. The number of likely N-dealkylation sites (tertiary alicyclic amines) is 1. The Hall–Kier alpha value is -2.97. The number of benzene rings is 1. The number of fused-ring (bicyclic) bond motifs is 2. The second kappa shape index (κ2) is 10.5. The van der Waals surface area contributed by atoms with E-state index in [1.807, 2.05) is 70.2 Å². The molecule has 0 radical (unpaired) electrons. The molecule has 210 valence electrons. The Morgan fingerprint density at radius 2 is 1.77 bits per heavy atom. The van der Waals surface area contributed by atoms with E-state index in [9.17, 15) is 19.5 Å². The number of ether oxygens (including phenoxy) is 2. The van der Waals surface area contributed by atoms with Gasteiger partial charge in [0.15, 0.2) is 0 Å². The highest BCUT2D eigenvalue weighted by atomic mass is 16.6. The first kappa shape index (κ1) is 27.6. The number of carbonyl (C=O) groups excluding carboxylic acids is 3. The molecule has 8 nitrogen and oxygen atoms in total. The van der Waals surface area contributed by atoms with E-state index >= 15 is 0 Å². The van der Waals surface area contributed by atoms with Crippen molar-refractivity contribution in [3.8, 4) is 0 Å². The number of carbonyl (C=O) groups is 3. The number of anilines is 1. The molecule has 8 heteroatoms. The third-order valence-electron chi connectivity index (χ3n) is 9.11. The summed E-state index contributed by atoms with van der Waals surface area (Å²) < 4.78 is 12.7. The van der Waals surface area contributed by atoms with Crippen LogP contribution in [-0.2, 0) is 23.9 Å². The Morgan fingerprint density at radius 1 is 1.03 bits per heavy atom. The molecular formula is C31H40N2O6. The normalized spacial score (nSPS) is 34.2. The van der Waals surface area contributed by atoms with E-state index in [1.54, 1.807) is 4.90 Å². The van der Waals surface area contributed by atoms with Crippen LogP contribution in [0.1, 0.15) is 57.1 Å². The Morgan fingerprint density at radius 3 is 2.44 bits per heavy atom. The van der Waals surface area contributed by atoms with Gasteiger partial charge in [-0.05, 0) is 57.1 Å². The lowest BCUT2D eigenvalue weighted by Gasteiger charge is -2.41. The minimum atomic E-state index is -1.37. The van der Waals surface area contributed by atoms with E-state index in [1.165, 1.54) is 4.90 Å². The number of hydrogen-bond donors (Lipinski definition) is 1. The van der Waals surface area contributed by atoms with Crippen LogP contribution in [0, 0.1) is 25.7 Å². The first-order chi connectivity index (χ1) is 18.8. The van der Waals surface area contributed by atoms with E-state index in [0.717, 1.165) is 36.1 Å². The van der Waals surface area contributed by atoms with Crippen LogP contribution in [0.2, 0.25) is 0 Å². The summed E-state index contributed by atoms with van der Waals surface area (Å²) in [6.45, 7) is 8.06. The van der Waals surface area contributed by atoms with Crippen molar-refractivity contribution in [3.63, 3.8) is 0 Å². The van der Waals surface area contributed by atoms with Gasteiger partial charge in [0, 0.05) is 12.2 Å². The van der Waals surface area contributed by atoms with Crippen molar-refractivity contribution in [2.24, 2.45) is 11.8 Å². The lowest BCUT2D eigenvalue weighted by atomic mass is 9.73. The summed E-state index contributed by atoms with van der Waals surface area (Å²) in [5, 5.41) is 10.3. The van der Waals surface area contributed by atoms with Crippen molar-refractivity contribution in [2.75, 3.05) is 24.7 Å². The molecule has 6 atom stereocenters. The molecule has 0 aromatic heterocycles. The predicted molar refractivity (Wildman–Crippen MR) is 147 cm³/mol. The Bertz CT molecular complexity index is 1190. The molecule has 1 unspecified atom stereocenters. The third kappa shape index (κ3) is 4.14. The summed E-state index contributed by atoms with van der Waals surface area (Å²) in [7, 11) is 0. The van der Waals surface area contributed by atoms with E-state index in [2.05, 4.69) is 0 Å². The van der Waals surface area contributed by atoms with E-state index in [0.29, 0.717) is 19.4 Å². The number of para-hydroxylation sites is 1. The highest BCUT2D eigenvalue weighted by molar-refractivity contribution is 6.06. The van der Waals surface area contributed by atoms with Crippen LogP contribution in [0.25, 0.3) is 0 Å². The zero-order valence-electron chi connectivity index (χ0n) is 23.4. The quantitative estimate of drug-likeness (QED) is 0.456. The van der Waals surface area contributed by atoms with Crippen molar-refractivity contribution in [1.29, 1.82) is 0 Å². The first-order valence-electron chi connectivity index (χ1n) is 14.3. The lowest BCUT2D eigenvalue weighted by Crippen LogP contribution is -2.59. The number of aliphatic hydroxyl groups is 1. The minimum absolute atomic E-state index is 0.271. The fourth-order valence-electron chi connectivity index (χ4n) is 7.22. The molecule has 39 heavy (non-hydrogen) atoms. The van der Waals surface area contributed by atoms with Crippen LogP contribution < -0.4 is 4.90 Å². The standard InChI is InChI=1S/C31H40N2O6/c1-5-22(19-34)33-26-28(36)32(25-20(3)13-11-14-21(25)4)17-12-16-31(26)23(27(33)35)24-29(37)38-18-10-8-7-9-15-30(24,6-2)39-31/h9,11-16,22-24,26,34H,5-8,10,17-19H2,1-4H3/b15-9-/t22-,23-,24+,26?,30-,31-/m0/s1. The number of cyclic esters (lactones) is 1. The topological polar surface area (TPSA) is 96.4 Å². The molecule has 0 aliphatic carbocycles. The van der Waals surface area contributed by atoms with Crippen LogP contribution in [0.15, 0.2) is 42.5 Å². The fourth-order valence-corrected chi connectivity index (χ4v) is 7.22. The van der Waals surface area contributed by atoms with Crippen LogP contribution in [0.4, 0.5) is 5.69 Å². The monoisotopic (exact) mass is 536 g/mol. The second-order valence-electron chi connectivity index (χ2n) is 11.3. The minimum Gasteiger partial charge on any atom is -0.465 e.